The van der Waals surface area contributed by atoms with Crippen molar-refractivity contribution in [3.63, 3.8) is 0 Å². The molecule has 0 aliphatic heterocycles. The third-order valence-corrected chi connectivity index (χ3v) is 1.65. The molecule has 7 heteroatoms. The Morgan fingerprint density at radius 2 is 2.06 bits per heavy atom. The third-order valence-electron chi connectivity index (χ3n) is 1.65. The second-order valence-corrected chi connectivity index (χ2v) is 3.01. The predicted octanol–water partition coefficient (Wildman–Crippen LogP) is 0.938. The molecular weight excluding hydrogens is 230 g/mol. The molecule has 0 saturated carbocycles. The predicted molar refractivity (Wildman–Crippen MR) is 61.3 cm³/mol. The lowest BCUT2D eigenvalue weighted by Crippen LogP contribution is -2.21. The molecule has 0 amide bonds. The van der Waals surface area contributed by atoms with Gasteiger partial charge in [0, 0.05) is 5.56 Å². The fourth-order valence-electron chi connectivity index (χ4n) is 1.03. The molecule has 0 aliphatic carbocycles. The first kappa shape index (κ1) is 12.9. The highest BCUT2D eigenvalue weighted by Crippen LogP contribution is 2.16. The van der Waals surface area contributed by atoms with Gasteiger partial charge in [0.1, 0.15) is 12.4 Å². The van der Waals surface area contributed by atoms with Crippen LogP contribution in [0.15, 0.2) is 34.5 Å². The molecule has 92 valence electrons. The zero-order valence-electron chi connectivity index (χ0n) is 8.88. The van der Waals surface area contributed by atoms with E-state index in [0.29, 0.717) is 11.3 Å². The Labute approximate surface area is 96.8 Å². The topological polar surface area (TPSA) is 86.0 Å². The van der Waals surface area contributed by atoms with Crippen LogP contribution in [0.2, 0.25) is 0 Å². The molecule has 0 spiro atoms. The minimum Gasteiger partial charge on any atom is -0.487 e. The molecule has 1 aromatic rings. The van der Waals surface area contributed by atoms with Crippen molar-refractivity contribution in [3.8, 4) is 5.75 Å². The van der Waals surface area contributed by atoms with Crippen LogP contribution in [0.4, 0.5) is 8.78 Å². The van der Waals surface area contributed by atoms with Gasteiger partial charge in [-0.05, 0) is 12.1 Å². The van der Waals surface area contributed by atoms with Crippen molar-refractivity contribution in [1.29, 1.82) is 0 Å². The summed E-state index contributed by atoms with van der Waals surface area (Å²) >= 11 is 0. The average Bonchev–Trinajstić information content (AvgIpc) is 2.27. The monoisotopic (exact) mass is 242 g/mol. The Morgan fingerprint density at radius 1 is 1.35 bits per heavy atom. The van der Waals surface area contributed by atoms with E-state index in [-0.39, 0.29) is 5.96 Å². The van der Waals surface area contributed by atoms with E-state index in [1.165, 1.54) is 6.21 Å². The van der Waals surface area contributed by atoms with Crippen molar-refractivity contribution in [1.82, 2.24) is 0 Å². The molecule has 4 N–H and O–H groups in total. The van der Waals surface area contributed by atoms with Gasteiger partial charge in [0.05, 0.1) is 6.21 Å². The van der Waals surface area contributed by atoms with Crippen molar-refractivity contribution in [3.05, 3.63) is 29.8 Å². The standard InChI is InChI=1S/C10H12F2N4O/c11-9(12)6-17-8-4-2-1-3-7(8)5-15-16-10(13)14/h1-5,9H,6H2,(H4,13,14,16). The first-order chi connectivity index (χ1) is 8.09. The Balaban J connectivity index is 2.77. The number of ether oxygens (including phenoxy) is 1. The molecule has 0 fully saturated rings. The van der Waals surface area contributed by atoms with E-state index in [1.807, 2.05) is 0 Å². The SMILES string of the molecule is NC(N)=NN=Cc1ccccc1OCC(F)F. The molecule has 0 aliphatic rings. The van der Waals surface area contributed by atoms with Crippen molar-refractivity contribution < 1.29 is 13.5 Å². The number of nitrogens with two attached hydrogens (primary N) is 2. The van der Waals surface area contributed by atoms with Crippen molar-refractivity contribution in [2.45, 2.75) is 6.43 Å². The van der Waals surface area contributed by atoms with Crippen LogP contribution in [0.3, 0.4) is 0 Å². The average molecular weight is 242 g/mol. The molecule has 0 atom stereocenters. The van der Waals surface area contributed by atoms with Crippen LogP contribution in [0, 0.1) is 0 Å². The van der Waals surface area contributed by atoms with Crippen LogP contribution in [-0.4, -0.2) is 25.2 Å². The van der Waals surface area contributed by atoms with Crippen LogP contribution in [0.5, 0.6) is 5.75 Å². The van der Waals surface area contributed by atoms with Crippen molar-refractivity contribution >= 4 is 12.2 Å². The number of para-hydroxylation sites is 1. The number of hydrogen-bond donors (Lipinski definition) is 2. The van der Waals surface area contributed by atoms with E-state index < -0.39 is 13.0 Å². The molecule has 0 aromatic heterocycles. The Morgan fingerprint density at radius 3 is 2.71 bits per heavy atom. The van der Waals surface area contributed by atoms with E-state index in [9.17, 15) is 8.78 Å². The van der Waals surface area contributed by atoms with E-state index in [0.717, 1.165) is 0 Å². The normalized spacial score (nSPS) is 10.8. The number of halogens is 2. The lowest BCUT2D eigenvalue weighted by atomic mass is 10.2. The second-order valence-electron chi connectivity index (χ2n) is 3.01. The van der Waals surface area contributed by atoms with Gasteiger partial charge in [-0.2, -0.15) is 5.10 Å². The van der Waals surface area contributed by atoms with Gasteiger partial charge in [-0.15, -0.1) is 5.10 Å². The summed E-state index contributed by atoms with van der Waals surface area (Å²) in [6.07, 6.45) is -1.21. The highest BCUT2D eigenvalue weighted by Gasteiger charge is 2.05. The van der Waals surface area contributed by atoms with Gasteiger partial charge in [0.15, 0.2) is 0 Å². The minimum atomic E-state index is -2.53. The maximum Gasteiger partial charge on any atom is 0.272 e. The number of rotatable bonds is 5. The summed E-state index contributed by atoms with van der Waals surface area (Å²) in [5.74, 6) is 0.106. The van der Waals surface area contributed by atoms with Gasteiger partial charge in [-0.25, -0.2) is 8.78 Å². The maximum absolute atomic E-state index is 12.0. The minimum absolute atomic E-state index is 0.188. The number of hydrogen-bond acceptors (Lipinski definition) is 3. The van der Waals surface area contributed by atoms with Crippen LogP contribution in [-0.2, 0) is 0 Å². The zero-order chi connectivity index (χ0) is 12.7. The lowest BCUT2D eigenvalue weighted by molar-refractivity contribution is 0.0818. The third kappa shape index (κ3) is 4.92. The van der Waals surface area contributed by atoms with Gasteiger partial charge in [-0.3, -0.25) is 0 Å². The second kappa shape index (κ2) is 6.41. The van der Waals surface area contributed by atoms with Crippen molar-refractivity contribution in [2.24, 2.45) is 21.7 Å². The molecule has 0 bridgehead atoms. The fourth-order valence-corrected chi connectivity index (χ4v) is 1.03. The molecule has 17 heavy (non-hydrogen) atoms. The largest absolute Gasteiger partial charge is 0.487 e. The van der Waals surface area contributed by atoms with Crippen molar-refractivity contribution in [2.75, 3.05) is 6.61 Å². The Hall–Kier alpha value is -2.18. The molecule has 1 aromatic carbocycles. The molecule has 0 unspecified atom stereocenters. The summed E-state index contributed by atoms with van der Waals surface area (Å²) < 4.78 is 28.9. The highest BCUT2D eigenvalue weighted by atomic mass is 19.3. The van der Waals surface area contributed by atoms with Crippen LogP contribution in [0.1, 0.15) is 5.56 Å². The summed E-state index contributed by atoms with van der Waals surface area (Å²) in [5.41, 5.74) is 10.7. The quantitative estimate of drug-likeness (QED) is 0.457. The van der Waals surface area contributed by atoms with Crippen LogP contribution >= 0.6 is 0 Å². The van der Waals surface area contributed by atoms with E-state index in [1.54, 1.807) is 24.3 Å². The Bertz CT molecular complexity index is 417. The molecule has 0 saturated heterocycles. The summed E-state index contributed by atoms with van der Waals surface area (Å²) in [7, 11) is 0. The summed E-state index contributed by atoms with van der Waals surface area (Å²) in [6, 6.07) is 6.58. The first-order valence-corrected chi connectivity index (χ1v) is 4.71. The number of alkyl halides is 2. The van der Waals surface area contributed by atoms with E-state index >= 15 is 0 Å². The number of benzene rings is 1. The van der Waals surface area contributed by atoms with E-state index in [4.69, 9.17) is 16.2 Å². The summed E-state index contributed by atoms with van der Waals surface area (Å²) in [5, 5.41) is 6.97. The molecule has 5 nitrogen and oxygen atoms in total. The fraction of sp³-hybridized carbons (Fsp3) is 0.200. The molecule has 0 radical (unpaired) electrons. The summed E-state index contributed by atoms with van der Waals surface area (Å²) in [4.78, 5) is 0. The molecule has 1 rings (SSSR count). The van der Waals surface area contributed by atoms with Gasteiger partial charge in [0.2, 0.25) is 5.96 Å². The molecular formula is C10H12F2N4O. The first-order valence-electron chi connectivity index (χ1n) is 4.71. The number of guanidine groups is 1. The van der Waals surface area contributed by atoms with Gasteiger partial charge in [0.25, 0.3) is 6.43 Å². The zero-order valence-corrected chi connectivity index (χ0v) is 8.88. The summed E-state index contributed by atoms with van der Waals surface area (Å²) in [6.45, 7) is -0.673. The molecule has 0 heterocycles. The maximum atomic E-state index is 12.0. The lowest BCUT2D eigenvalue weighted by Gasteiger charge is -2.07. The Kier molecular flexibility index (Phi) is 4.86. The van der Waals surface area contributed by atoms with Gasteiger partial charge >= 0.3 is 0 Å². The highest BCUT2D eigenvalue weighted by molar-refractivity contribution is 5.84. The van der Waals surface area contributed by atoms with Crippen LogP contribution < -0.4 is 16.2 Å². The van der Waals surface area contributed by atoms with Crippen LogP contribution in [0.25, 0.3) is 0 Å². The van der Waals surface area contributed by atoms with E-state index in [2.05, 4.69) is 10.2 Å². The van der Waals surface area contributed by atoms with Gasteiger partial charge < -0.3 is 16.2 Å². The van der Waals surface area contributed by atoms with Gasteiger partial charge in [-0.1, -0.05) is 12.1 Å². The number of nitrogens with zero attached hydrogens (tertiary/aromatic N) is 2. The smallest absolute Gasteiger partial charge is 0.272 e.